The number of hydrogen-bond donors (Lipinski definition) is 3. The van der Waals surface area contributed by atoms with E-state index >= 15 is 0 Å². The summed E-state index contributed by atoms with van der Waals surface area (Å²) in [6.07, 6.45) is 90.5. The maximum Gasteiger partial charge on any atom is 0.305 e. The van der Waals surface area contributed by atoms with E-state index in [9.17, 15) is 19.8 Å². The molecule has 0 rings (SSSR count). The fraction of sp³-hybridized carbons (Fsp3) is 0.947. The molecule has 0 aromatic heterocycles. The summed E-state index contributed by atoms with van der Waals surface area (Å²) in [7, 11) is 0. The highest BCUT2D eigenvalue weighted by atomic mass is 16.5. The zero-order valence-electron chi connectivity index (χ0n) is 56.0. The lowest BCUT2D eigenvalue weighted by Gasteiger charge is -2.20. The molecule has 0 aliphatic heterocycles. The van der Waals surface area contributed by atoms with E-state index in [2.05, 4.69) is 19.2 Å². The molecule has 0 fully saturated rings. The van der Waals surface area contributed by atoms with Crippen LogP contribution in [0.1, 0.15) is 438 Å². The number of nitrogens with one attached hydrogen (secondary N) is 1. The molecule has 0 aliphatic carbocycles. The van der Waals surface area contributed by atoms with Gasteiger partial charge in [0.05, 0.1) is 25.4 Å². The molecule has 6 heteroatoms. The van der Waals surface area contributed by atoms with Gasteiger partial charge in [-0.3, -0.25) is 9.59 Å². The van der Waals surface area contributed by atoms with Crippen LogP contribution in [0.25, 0.3) is 0 Å². The first-order valence-electron chi connectivity index (χ1n) is 38.0. The number of rotatable bonds is 72. The number of hydrogen-bond acceptors (Lipinski definition) is 5. The number of aliphatic hydroxyl groups excluding tert-OH is 2. The van der Waals surface area contributed by atoms with Crippen molar-refractivity contribution in [2.75, 3.05) is 13.2 Å². The number of amides is 1. The lowest BCUT2D eigenvalue weighted by molar-refractivity contribution is -0.143. The molecular formula is C76H149NO5. The molecule has 0 radical (unpaired) electrons. The van der Waals surface area contributed by atoms with Crippen LogP contribution in [0.5, 0.6) is 0 Å². The van der Waals surface area contributed by atoms with Crippen LogP contribution in [0.2, 0.25) is 0 Å². The van der Waals surface area contributed by atoms with Crippen molar-refractivity contribution in [1.29, 1.82) is 0 Å². The SMILES string of the molecule is CCCCCCCCCCCCC/C=C/C(O)C(CO)NC(=O)CCCCCCCCCCCCCCCCCCCCCCCCCCCCCCCCCCCCCCCOC(=O)CCCCCCCCCCCCCCCCC. The van der Waals surface area contributed by atoms with Gasteiger partial charge < -0.3 is 20.3 Å². The van der Waals surface area contributed by atoms with Crippen molar-refractivity contribution < 1.29 is 24.5 Å². The van der Waals surface area contributed by atoms with Crippen molar-refractivity contribution in [2.45, 2.75) is 450 Å². The van der Waals surface area contributed by atoms with Crippen LogP contribution < -0.4 is 5.32 Å². The van der Waals surface area contributed by atoms with Gasteiger partial charge in [0.25, 0.3) is 0 Å². The largest absolute Gasteiger partial charge is 0.466 e. The molecular weight excluding hydrogens is 1010 g/mol. The molecule has 2 unspecified atom stereocenters. The predicted molar refractivity (Wildman–Crippen MR) is 361 cm³/mol. The Morgan fingerprint density at radius 3 is 0.829 bits per heavy atom. The Kier molecular flexibility index (Phi) is 70.8. The Bertz CT molecular complexity index is 1240. The first kappa shape index (κ1) is 80.6. The Morgan fingerprint density at radius 2 is 0.561 bits per heavy atom. The number of aliphatic hydroxyl groups is 2. The third kappa shape index (κ3) is 67.7. The summed E-state index contributed by atoms with van der Waals surface area (Å²) >= 11 is 0. The Balaban J connectivity index is 3.28. The maximum atomic E-state index is 12.5. The average molecular weight is 1160 g/mol. The molecule has 3 N–H and O–H groups in total. The Hall–Kier alpha value is -1.40. The molecule has 0 saturated heterocycles. The first-order valence-corrected chi connectivity index (χ1v) is 38.0. The monoisotopic (exact) mass is 1160 g/mol. The molecule has 0 aromatic carbocycles. The van der Waals surface area contributed by atoms with Crippen molar-refractivity contribution in [1.82, 2.24) is 5.32 Å². The number of ether oxygens (including phenoxy) is 1. The quantitative estimate of drug-likeness (QED) is 0.0320. The zero-order valence-corrected chi connectivity index (χ0v) is 56.0. The van der Waals surface area contributed by atoms with Gasteiger partial charge in [0, 0.05) is 12.8 Å². The van der Waals surface area contributed by atoms with Crippen molar-refractivity contribution in [3.8, 4) is 0 Å². The van der Waals surface area contributed by atoms with E-state index in [1.807, 2.05) is 6.08 Å². The second kappa shape index (κ2) is 72.1. The van der Waals surface area contributed by atoms with Gasteiger partial charge in [-0.25, -0.2) is 0 Å². The molecule has 0 heterocycles. The summed E-state index contributed by atoms with van der Waals surface area (Å²) in [6.45, 7) is 4.95. The highest BCUT2D eigenvalue weighted by Crippen LogP contribution is 2.20. The summed E-state index contributed by atoms with van der Waals surface area (Å²) in [5, 5.41) is 23.1. The van der Waals surface area contributed by atoms with Crippen LogP contribution >= 0.6 is 0 Å². The van der Waals surface area contributed by atoms with Crippen molar-refractivity contribution >= 4 is 11.9 Å². The molecule has 0 aliphatic rings. The van der Waals surface area contributed by atoms with Crippen LogP contribution in [-0.4, -0.2) is 47.4 Å². The van der Waals surface area contributed by atoms with Crippen molar-refractivity contribution in [3.63, 3.8) is 0 Å². The van der Waals surface area contributed by atoms with E-state index < -0.39 is 12.1 Å². The van der Waals surface area contributed by atoms with Gasteiger partial charge in [0.15, 0.2) is 0 Å². The topological polar surface area (TPSA) is 95.9 Å². The third-order valence-electron chi connectivity index (χ3n) is 18.1. The lowest BCUT2D eigenvalue weighted by Crippen LogP contribution is -2.45. The molecule has 6 nitrogen and oxygen atoms in total. The fourth-order valence-electron chi connectivity index (χ4n) is 12.3. The summed E-state index contributed by atoms with van der Waals surface area (Å²) < 4.78 is 5.51. The van der Waals surface area contributed by atoms with E-state index in [1.165, 1.54) is 372 Å². The predicted octanol–water partition coefficient (Wildman–Crippen LogP) is 24.7. The van der Waals surface area contributed by atoms with Gasteiger partial charge in [0.2, 0.25) is 5.91 Å². The highest BCUT2D eigenvalue weighted by molar-refractivity contribution is 5.76. The summed E-state index contributed by atoms with van der Waals surface area (Å²) in [5.41, 5.74) is 0. The van der Waals surface area contributed by atoms with E-state index in [-0.39, 0.29) is 18.5 Å². The normalized spacial score (nSPS) is 12.5. The lowest BCUT2D eigenvalue weighted by atomic mass is 10.0. The molecule has 82 heavy (non-hydrogen) atoms. The molecule has 0 bridgehead atoms. The number of allylic oxidation sites excluding steroid dienone is 1. The molecule has 0 spiro atoms. The minimum absolute atomic E-state index is 0.0270. The van der Waals surface area contributed by atoms with Crippen molar-refractivity contribution in [2.24, 2.45) is 0 Å². The third-order valence-corrected chi connectivity index (χ3v) is 18.1. The fourth-order valence-corrected chi connectivity index (χ4v) is 12.3. The number of carbonyl (C=O) groups is 2. The maximum absolute atomic E-state index is 12.5. The first-order chi connectivity index (χ1) is 40.5. The molecule has 1 amide bonds. The second-order valence-electron chi connectivity index (χ2n) is 26.4. The van der Waals surface area contributed by atoms with E-state index in [4.69, 9.17) is 4.74 Å². The van der Waals surface area contributed by atoms with Gasteiger partial charge in [0.1, 0.15) is 0 Å². The van der Waals surface area contributed by atoms with Crippen LogP contribution in [0, 0.1) is 0 Å². The van der Waals surface area contributed by atoms with Crippen LogP contribution in [0.4, 0.5) is 0 Å². The van der Waals surface area contributed by atoms with E-state index in [1.54, 1.807) is 6.08 Å². The number of unbranched alkanes of at least 4 members (excludes halogenated alkanes) is 61. The average Bonchev–Trinajstić information content (AvgIpc) is 3.48. The van der Waals surface area contributed by atoms with Crippen LogP contribution in [-0.2, 0) is 14.3 Å². The number of carbonyl (C=O) groups excluding carboxylic acids is 2. The van der Waals surface area contributed by atoms with Gasteiger partial charge >= 0.3 is 5.97 Å². The molecule has 488 valence electrons. The van der Waals surface area contributed by atoms with Gasteiger partial charge in [-0.15, -0.1) is 0 Å². The minimum Gasteiger partial charge on any atom is -0.466 e. The van der Waals surface area contributed by atoms with Crippen LogP contribution in [0.3, 0.4) is 0 Å². The Labute approximate surface area is 514 Å². The molecule has 0 saturated carbocycles. The van der Waals surface area contributed by atoms with Gasteiger partial charge in [-0.1, -0.05) is 405 Å². The smallest absolute Gasteiger partial charge is 0.305 e. The zero-order chi connectivity index (χ0) is 59.2. The molecule has 0 aromatic rings. The van der Waals surface area contributed by atoms with Gasteiger partial charge in [-0.2, -0.15) is 0 Å². The Morgan fingerprint density at radius 1 is 0.329 bits per heavy atom. The summed E-state index contributed by atoms with van der Waals surface area (Å²) in [4.78, 5) is 24.6. The number of esters is 1. The molecule has 2 atom stereocenters. The van der Waals surface area contributed by atoms with E-state index in [0.29, 0.717) is 19.4 Å². The van der Waals surface area contributed by atoms with Crippen LogP contribution in [0.15, 0.2) is 12.2 Å². The summed E-state index contributed by atoms with van der Waals surface area (Å²) in [6, 6.07) is -0.622. The van der Waals surface area contributed by atoms with Crippen molar-refractivity contribution in [3.05, 3.63) is 12.2 Å². The standard InChI is InChI=1S/C76H149NO5/c1-3-5-7-9-11-13-15-17-41-46-50-54-58-62-66-70-76(81)82-71-67-63-59-55-51-47-43-40-38-36-34-32-30-28-26-24-22-20-18-19-21-23-25-27-29-31-33-35-37-39-42-45-49-53-57-61-65-69-75(80)77-73(72-78)74(79)68-64-60-56-52-48-44-16-14-12-10-8-6-4-2/h64,68,73-74,78-79H,3-63,65-67,69-72H2,1-2H3,(H,77,80)/b68-64+. The van der Waals surface area contributed by atoms with E-state index in [0.717, 1.165) is 38.5 Å². The summed E-state index contributed by atoms with van der Waals surface area (Å²) in [5.74, 6) is -0.0329. The van der Waals surface area contributed by atoms with Gasteiger partial charge in [-0.05, 0) is 32.1 Å². The highest BCUT2D eigenvalue weighted by Gasteiger charge is 2.18. The minimum atomic E-state index is -0.839. The second-order valence-corrected chi connectivity index (χ2v) is 26.4.